The fourth-order valence-corrected chi connectivity index (χ4v) is 3.91. The van der Waals surface area contributed by atoms with Crippen molar-refractivity contribution in [2.45, 2.75) is 27.7 Å². The Morgan fingerprint density at radius 2 is 1.74 bits per heavy atom. The second kappa shape index (κ2) is 6.63. The van der Waals surface area contributed by atoms with Gasteiger partial charge in [-0.05, 0) is 56.5 Å². The summed E-state index contributed by atoms with van der Waals surface area (Å²) in [5.41, 5.74) is 14.8. The average Bonchev–Trinajstić information content (AvgIpc) is 3.24. The predicted octanol–water partition coefficient (Wildman–Crippen LogP) is 4.87. The highest BCUT2D eigenvalue weighted by Crippen LogP contribution is 2.33. The van der Waals surface area contributed by atoms with E-state index < -0.39 is 0 Å². The number of thiazole rings is 1. The Kier molecular flexibility index (Phi) is 4.28. The van der Waals surface area contributed by atoms with Crippen molar-refractivity contribution in [1.29, 1.82) is 0 Å². The Morgan fingerprint density at radius 1 is 0.926 bits per heavy atom. The number of hydrogen-bond donors (Lipinski definition) is 1. The second-order valence-corrected chi connectivity index (χ2v) is 7.72. The van der Waals surface area contributed by atoms with E-state index in [1.165, 1.54) is 33.6 Å². The monoisotopic (exact) mass is 375 g/mol. The topological polar surface area (TPSA) is 69.6 Å². The Balaban J connectivity index is 1.72. The first-order valence-electron chi connectivity index (χ1n) is 8.76. The molecule has 2 aromatic carbocycles. The van der Waals surface area contributed by atoms with Crippen molar-refractivity contribution in [1.82, 2.24) is 20.0 Å². The standard InChI is InChI=1S/C21H21N5S/c1-12-5-8-17(15(4)9-12)18-11-27-21(23-18)19-20(22)26(25-24-19)16-7-6-13(2)14(3)10-16/h5-11H,22H2,1-4H3. The van der Waals surface area contributed by atoms with E-state index in [4.69, 9.17) is 10.7 Å². The van der Waals surface area contributed by atoms with Gasteiger partial charge in [0.1, 0.15) is 5.01 Å². The minimum atomic E-state index is 0.500. The average molecular weight is 376 g/mol. The quantitative estimate of drug-likeness (QED) is 0.554. The molecule has 0 bridgehead atoms. The van der Waals surface area contributed by atoms with Crippen molar-refractivity contribution < 1.29 is 0 Å². The van der Waals surface area contributed by atoms with E-state index >= 15 is 0 Å². The molecule has 0 aliphatic carbocycles. The van der Waals surface area contributed by atoms with Crippen LogP contribution in [0.15, 0.2) is 41.8 Å². The number of rotatable bonds is 3. The maximum Gasteiger partial charge on any atom is 0.165 e. The molecule has 0 aliphatic heterocycles. The molecule has 2 aromatic heterocycles. The van der Waals surface area contributed by atoms with Gasteiger partial charge >= 0.3 is 0 Å². The summed E-state index contributed by atoms with van der Waals surface area (Å²) < 4.78 is 1.67. The third kappa shape index (κ3) is 3.13. The SMILES string of the molecule is Cc1ccc(-c2csc(-c3nnn(-c4ccc(C)c(C)c4)c3N)n2)c(C)c1. The van der Waals surface area contributed by atoms with Crippen molar-refractivity contribution in [3.05, 3.63) is 64.0 Å². The largest absolute Gasteiger partial charge is 0.382 e. The normalized spacial score (nSPS) is 11.1. The zero-order chi connectivity index (χ0) is 19.1. The van der Waals surface area contributed by atoms with E-state index in [2.05, 4.69) is 68.3 Å². The molecular weight excluding hydrogens is 354 g/mol. The number of nitrogens with two attached hydrogens (primary N) is 1. The van der Waals surface area contributed by atoms with Gasteiger partial charge in [-0.2, -0.15) is 4.68 Å². The van der Waals surface area contributed by atoms with Crippen molar-refractivity contribution in [2.75, 3.05) is 5.73 Å². The third-order valence-corrected chi connectivity index (χ3v) is 5.65. The smallest absolute Gasteiger partial charge is 0.165 e. The lowest BCUT2D eigenvalue weighted by Crippen LogP contribution is -2.03. The van der Waals surface area contributed by atoms with Crippen molar-refractivity contribution >= 4 is 17.2 Å². The predicted molar refractivity (Wildman–Crippen MR) is 111 cm³/mol. The van der Waals surface area contributed by atoms with E-state index in [0.717, 1.165) is 22.0 Å². The van der Waals surface area contributed by atoms with Crippen LogP contribution in [0.5, 0.6) is 0 Å². The van der Waals surface area contributed by atoms with Crippen LogP contribution in [0.4, 0.5) is 5.82 Å². The minimum Gasteiger partial charge on any atom is -0.382 e. The van der Waals surface area contributed by atoms with E-state index in [-0.39, 0.29) is 0 Å². The molecule has 0 amide bonds. The lowest BCUT2D eigenvalue weighted by Gasteiger charge is -2.06. The summed E-state index contributed by atoms with van der Waals surface area (Å²) in [5.74, 6) is 0.500. The van der Waals surface area contributed by atoms with Gasteiger partial charge in [0.05, 0.1) is 11.4 Å². The van der Waals surface area contributed by atoms with Crippen LogP contribution in [0, 0.1) is 27.7 Å². The summed E-state index contributed by atoms with van der Waals surface area (Å²) in [5, 5.41) is 11.4. The van der Waals surface area contributed by atoms with Gasteiger partial charge in [-0.25, -0.2) is 4.98 Å². The summed E-state index contributed by atoms with van der Waals surface area (Å²) in [6.45, 7) is 8.35. The van der Waals surface area contributed by atoms with Crippen LogP contribution >= 0.6 is 11.3 Å². The summed E-state index contributed by atoms with van der Waals surface area (Å²) in [6, 6.07) is 12.5. The van der Waals surface area contributed by atoms with Crippen LogP contribution in [-0.2, 0) is 0 Å². The molecule has 0 atom stereocenters. The first-order valence-corrected chi connectivity index (χ1v) is 9.64. The zero-order valence-electron chi connectivity index (χ0n) is 15.8. The summed E-state index contributed by atoms with van der Waals surface area (Å²) in [4.78, 5) is 4.76. The van der Waals surface area contributed by atoms with Crippen LogP contribution < -0.4 is 5.73 Å². The fourth-order valence-electron chi connectivity index (χ4n) is 3.10. The number of nitrogens with zero attached hydrogens (tertiary/aromatic N) is 4. The van der Waals surface area contributed by atoms with Gasteiger partial charge in [0.25, 0.3) is 0 Å². The van der Waals surface area contributed by atoms with Gasteiger partial charge in [-0.1, -0.05) is 35.0 Å². The molecule has 0 unspecified atom stereocenters. The Morgan fingerprint density at radius 3 is 2.48 bits per heavy atom. The van der Waals surface area contributed by atoms with E-state index in [0.29, 0.717) is 11.5 Å². The van der Waals surface area contributed by atoms with Gasteiger partial charge in [-0.3, -0.25) is 0 Å². The Bertz CT molecular complexity index is 1140. The van der Waals surface area contributed by atoms with Gasteiger partial charge in [0.15, 0.2) is 11.5 Å². The third-order valence-electron chi connectivity index (χ3n) is 4.80. The zero-order valence-corrected chi connectivity index (χ0v) is 16.6. The maximum absolute atomic E-state index is 6.36. The molecule has 0 fully saturated rings. The highest BCUT2D eigenvalue weighted by atomic mass is 32.1. The van der Waals surface area contributed by atoms with Gasteiger partial charge < -0.3 is 5.73 Å². The van der Waals surface area contributed by atoms with Crippen LogP contribution in [0.1, 0.15) is 22.3 Å². The molecule has 0 saturated carbocycles. The Labute approximate surface area is 162 Å². The molecule has 4 rings (SSSR count). The molecular formula is C21H21N5S. The molecule has 6 heteroatoms. The van der Waals surface area contributed by atoms with E-state index in [1.807, 2.05) is 11.4 Å². The number of benzene rings is 2. The molecule has 136 valence electrons. The van der Waals surface area contributed by atoms with Crippen LogP contribution in [0.25, 0.3) is 27.6 Å². The molecule has 2 heterocycles. The number of anilines is 1. The highest BCUT2D eigenvalue weighted by Gasteiger charge is 2.17. The van der Waals surface area contributed by atoms with Crippen LogP contribution in [0.3, 0.4) is 0 Å². The molecule has 0 spiro atoms. The lowest BCUT2D eigenvalue weighted by atomic mass is 10.0. The van der Waals surface area contributed by atoms with Crippen molar-refractivity contribution in [2.24, 2.45) is 0 Å². The van der Waals surface area contributed by atoms with Crippen LogP contribution in [-0.4, -0.2) is 20.0 Å². The number of nitrogen functional groups attached to an aromatic ring is 1. The van der Waals surface area contributed by atoms with Crippen LogP contribution in [0.2, 0.25) is 0 Å². The van der Waals surface area contributed by atoms with Crippen molar-refractivity contribution in [3.63, 3.8) is 0 Å². The second-order valence-electron chi connectivity index (χ2n) is 6.86. The summed E-state index contributed by atoms with van der Waals surface area (Å²) in [6.07, 6.45) is 0. The molecule has 0 radical (unpaired) electrons. The Hall–Kier alpha value is -2.99. The number of hydrogen-bond acceptors (Lipinski definition) is 5. The number of aromatic nitrogens is 4. The molecule has 0 aliphatic rings. The molecule has 4 aromatic rings. The first kappa shape index (κ1) is 17.4. The summed E-state index contributed by atoms with van der Waals surface area (Å²) >= 11 is 1.53. The van der Waals surface area contributed by atoms with Crippen molar-refractivity contribution in [3.8, 4) is 27.6 Å². The van der Waals surface area contributed by atoms with Gasteiger partial charge in [0.2, 0.25) is 0 Å². The molecule has 27 heavy (non-hydrogen) atoms. The molecule has 5 nitrogen and oxygen atoms in total. The minimum absolute atomic E-state index is 0.500. The lowest BCUT2D eigenvalue weighted by molar-refractivity contribution is 0.809. The fraction of sp³-hybridized carbons (Fsp3) is 0.190. The maximum atomic E-state index is 6.36. The molecule has 2 N–H and O–H groups in total. The highest BCUT2D eigenvalue weighted by molar-refractivity contribution is 7.13. The first-order chi connectivity index (χ1) is 12.9. The van der Waals surface area contributed by atoms with E-state index in [1.54, 1.807) is 4.68 Å². The van der Waals surface area contributed by atoms with E-state index in [9.17, 15) is 0 Å². The summed E-state index contributed by atoms with van der Waals surface area (Å²) in [7, 11) is 0. The number of aryl methyl sites for hydroxylation is 4. The van der Waals surface area contributed by atoms with Gasteiger partial charge in [-0.15, -0.1) is 16.4 Å². The molecule has 0 saturated heterocycles. The van der Waals surface area contributed by atoms with Gasteiger partial charge in [0, 0.05) is 10.9 Å².